The Balaban J connectivity index is 1.87. The molecule has 26 heavy (non-hydrogen) atoms. The molecule has 0 unspecified atom stereocenters. The van der Waals surface area contributed by atoms with Crippen molar-refractivity contribution in [2.24, 2.45) is 5.73 Å². The quantitative estimate of drug-likeness (QED) is 0.451. The molecule has 6 N–H and O–H groups in total. The van der Waals surface area contributed by atoms with Gasteiger partial charge in [-0.05, 0) is 24.1 Å². The fraction of sp³-hybridized carbons (Fsp3) is 0.438. The number of carbonyl (C=O) groups excluding carboxylic acids is 1. The van der Waals surface area contributed by atoms with Crippen molar-refractivity contribution in [1.82, 2.24) is 14.8 Å². The van der Waals surface area contributed by atoms with E-state index in [9.17, 15) is 20.1 Å². The van der Waals surface area contributed by atoms with Gasteiger partial charge in [-0.15, -0.1) is 5.10 Å². The molecular formula is C16H21N5O5. The number of anilines is 2. The number of nitrogens with one attached hydrogen (secondary N) is 1. The van der Waals surface area contributed by atoms with Crippen molar-refractivity contribution < 1.29 is 24.9 Å². The first-order valence-corrected chi connectivity index (χ1v) is 8.19. The molecule has 0 saturated carbocycles. The number of aliphatic hydroxyl groups excluding tert-OH is 3. The number of nitrogens with two attached hydrogens (primary N) is 1. The van der Waals surface area contributed by atoms with Crippen molar-refractivity contribution in [3.63, 3.8) is 0 Å². The molecule has 0 radical (unpaired) electrons. The monoisotopic (exact) mass is 363 g/mol. The highest BCUT2D eigenvalue weighted by Crippen LogP contribution is 2.30. The molecule has 10 nitrogen and oxygen atoms in total. The second-order valence-corrected chi connectivity index (χ2v) is 5.97. The maximum atomic E-state index is 11.7. The van der Waals surface area contributed by atoms with E-state index in [1.165, 1.54) is 5.56 Å². The number of amides is 1. The van der Waals surface area contributed by atoms with Crippen molar-refractivity contribution in [2.75, 3.05) is 11.9 Å². The highest BCUT2D eigenvalue weighted by molar-refractivity contribution is 5.89. The lowest BCUT2D eigenvalue weighted by Crippen LogP contribution is -2.34. The Morgan fingerprint density at radius 2 is 2.00 bits per heavy atom. The minimum absolute atomic E-state index is 0.0841. The van der Waals surface area contributed by atoms with Crippen LogP contribution < -0.4 is 11.1 Å². The van der Waals surface area contributed by atoms with Crippen LogP contribution in [0.15, 0.2) is 24.3 Å². The van der Waals surface area contributed by atoms with Crippen LogP contribution in [-0.2, 0) is 11.2 Å². The van der Waals surface area contributed by atoms with E-state index in [-0.39, 0.29) is 11.8 Å². The molecule has 1 aromatic heterocycles. The van der Waals surface area contributed by atoms with Crippen molar-refractivity contribution in [2.45, 2.75) is 37.9 Å². The fourth-order valence-corrected chi connectivity index (χ4v) is 2.76. The third-order valence-electron chi connectivity index (χ3n) is 4.23. The van der Waals surface area contributed by atoms with Crippen molar-refractivity contribution in [3.05, 3.63) is 35.7 Å². The Morgan fingerprint density at radius 1 is 1.31 bits per heavy atom. The number of rotatable bonds is 6. The summed E-state index contributed by atoms with van der Waals surface area (Å²) in [5.74, 6) is -1.03. The number of ether oxygens (including phenoxy) is 1. The van der Waals surface area contributed by atoms with Crippen LogP contribution in [0, 0.1) is 0 Å². The number of hydrogen-bond acceptors (Lipinski definition) is 8. The molecule has 140 valence electrons. The first-order valence-electron chi connectivity index (χ1n) is 8.19. The predicted octanol–water partition coefficient (Wildman–Crippen LogP) is -0.705. The second-order valence-electron chi connectivity index (χ2n) is 5.97. The minimum Gasteiger partial charge on any atom is -0.394 e. The molecule has 0 aliphatic carbocycles. The maximum Gasteiger partial charge on any atom is 0.286 e. The summed E-state index contributed by atoms with van der Waals surface area (Å²) in [6, 6.07) is 7.58. The Bertz CT molecular complexity index is 778. The molecule has 0 bridgehead atoms. The van der Waals surface area contributed by atoms with Gasteiger partial charge < -0.3 is 31.1 Å². The molecule has 2 aromatic rings. The summed E-state index contributed by atoms with van der Waals surface area (Å²) in [7, 11) is 0. The highest BCUT2D eigenvalue weighted by atomic mass is 16.6. The molecule has 2 heterocycles. The highest BCUT2D eigenvalue weighted by Gasteiger charge is 2.45. The third kappa shape index (κ3) is 3.40. The van der Waals surface area contributed by atoms with E-state index in [4.69, 9.17) is 10.5 Å². The van der Waals surface area contributed by atoms with Gasteiger partial charge in [-0.2, -0.15) is 4.98 Å². The molecule has 4 atom stereocenters. The van der Waals surface area contributed by atoms with Gasteiger partial charge in [-0.25, -0.2) is 4.68 Å². The summed E-state index contributed by atoms with van der Waals surface area (Å²) >= 11 is 0. The molecule has 10 heteroatoms. The lowest BCUT2D eigenvalue weighted by atomic mass is 10.1. The number of aromatic nitrogens is 3. The molecule has 1 aliphatic heterocycles. The Kier molecular flexibility index (Phi) is 5.18. The van der Waals surface area contributed by atoms with E-state index < -0.39 is 37.1 Å². The van der Waals surface area contributed by atoms with Gasteiger partial charge in [-0.3, -0.25) is 4.79 Å². The summed E-state index contributed by atoms with van der Waals surface area (Å²) in [4.78, 5) is 15.7. The smallest absolute Gasteiger partial charge is 0.286 e. The Hall–Kier alpha value is -2.53. The summed E-state index contributed by atoms with van der Waals surface area (Å²) < 4.78 is 6.39. The van der Waals surface area contributed by atoms with Gasteiger partial charge in [0.2, 0.25) is 11.8 Å². The fourth-order valence-electron chi connectivity index (χ4n) is 2.76. The number of carbonyl (C=O) groups is 1. The molecule has 3 rings (SSSR count). The van der Waals surface area contributed by atoms with Crippen molar-refractivity contribution >= 4 is 17.5 Å². The standard InChI is InChI=1S/C16H21N5O5/c1-2-8-3-5-9(6-4-8)18-16-19-14(13(17)25)21(20-16)15-12(24)11(23)10(7-22)26-15/h3-6,10-12,15,22-24H,2,7H2,1H3,(H2,17,25)(H,18,20)/t10-,11-,12-,15-/m1/s1. The molecule has 0 spiro atoms. The molecule has 1 aliphatic rings. The van der Waals surface area contributed by atoms with Gasteiger partial charge in [0.05, 0.1) is 6.61 Å². The summed E-state index contributed by atoms with van der Waals surface area (Å²) in [5, 5.41) is 36.3. The van der Waals surface area contributed by atoms with Crippen LogP contribution in [0.25, 0.3) is 0 Å². The van der Waals surface area contributed by atoms with E-state index in [0.717, 1.165) is 11.1 Å². The van der Waals surface area contributed by atoms with Crippen LogP contribution in [0.3, 0.4) is 0 Å². The number of aliphatic hydroxyl groups is 3. The average Bonchev–Trinajstić information content (AvgIpc) is 3.17. The van der Waals surface area contributed by atoms with Crippen LogP contribution in [0.1, 0.15) is 29.3 Å². The van der Waals surface area contributed by atoms with Gasteiger partial charge in [0.25, 0.3) is 5.91 Å². The number of aryl methyl sites for hydroxylation is 1. The first-order chi connectivity index (χ1) is 12.4. The van der Waals surface area contributed by atoms with Gasteiger partial charge in [0.15, 0.2) is 6.23 Å². The summed E-state index contributed by atoms with van der Waals surface area (Å²) in [6.45, 7) is 1.55. The lowest BCUT2D eigenvalue weighted by molar-refractivity contribution is -0.0594. The third-order valence-corrected chi connectivity index (χ3v) is 4.23. The van der Waals surface area contributed by atoms with Crippen LogP contribution in [0.5, 0.6) is 0 Å². The SMILES string of the molecule is CCc1ccc(Nc2nc(C(N)=O)n([C@@H]3O[C@H](CO)[C@@H](O)[C@H]3O)n2)cc1. The average molecular weight is 363 g/mol. The number of hydrogen-bond donors (Lipinski definition) is 5. The van der Waals surface area contributed by atoms with E-state index in [0.29, 0.717) is 5.69 Å². The number of nitrogens with zero attached hydrogens (tertiary/aromatic N) is 3. The molecule has 1 aromatic carbocycles. The van der Waals surface area contributed by atoms with E-state index in [1.807, 2.05) is 31.2 Å². The van der Waals surface area contributed by atoms with Gasteiger partial charge in [-0.1, -0.05) is 19.1 Å². The first kappa shape index (κ1) is 18.3. The van der Waals surface area contributed by atoms with Gasteiger partial charge in [0, 0.05) is 5.69 Å². The van der Waals surface area contributed by atoms with E-state index in [1.54, 1.807) is 0 Å². The maximum absolute atomic E-state index is 11.7. The second kappa shape index (κ2) is 7.38. The van der Waals surface area contributed by atoms with Gasteiger partial charge >= 0.3 is 0 Å². The van der Waals surface area contributed by atoms with Crippen LogP contribution in [0.4, 0.5) is 11.6 Å². The summed E-state index contributed by atoms with van der Waals surface area (Å²) in [5.41, 5.74) is 7.21. The largest absolute Gasteiger partial charge is 0.394 e. The normalized spacial score (nSPS) is 25.4. The number of benzene rings is 1. The van der Waals surface area contributed by atoms with E-state index >= 15 is 0 Å². The minimum atomic E-state index is -1.40. The van der Waals surface area contributed by atoms with Crippen molar-refractivity contribution in [1.29, 1.82) is 0 Å². The van der Waals surface area contributed by atoms with E-state index in [2.05, 4.69) is 15.4 Å². The molecule has 1 amide bonds. The molecule has 1 fully saturated rings. The Labute approximate surface area is 149 Å². The zero-order chi connectivity index (χ0) is 18.8. The predicted molar refractivity (Wildman–Crippen MR) is 90.7 cm³/mol. The number of primary amides is 1. The van der Waals surface area contributed by atoms with Gasteiger partial charge in [0.1, 0.15) is 18.3 Å². The topological polar surface area (TPSA) is 156 Å². The van der Waals surface area contributed by atoms with Crippen molar-refractivity contribution in [3.8, 4) is 0 Å². The zero-order valence-corrected chi connectivity index (χ0v) is 14.1. The molecule has 1 saturated heterocycles. The molecular weight excluding hydrogens is 342 g/mol. The Morgan fingerprint density at radius 3 is 2.54 bits per heavy atom. The summed E-state index contributed by atoms with van der Waals surface area (Å²) in [6.07, 6.45) is -4.02. The van der Waals surface area contributed by atoms with Crippen LogP contribution in [-0.4, -0.2) is 60.9 Å². The lowest BCUT2D eigenvalue weighted by Gasteiger charge is -2.15. The zero-order valence-electron chi connectivity index (χ0n) is 14.1. The van der Waals surface area contributed by atoms with Crippen LogP contribution in [0.2, 0.25) is 0 Å². The van der Waals surface area contributed by atoms with Crippen LogP contribution >= 0.6 is 0 Å².